The van der Waals surface area contributed by atoms with Crippen LogP contribution in [0, 0.1) is 41.4 Å². The smallest absolute Gasteiger partial charge is 0.410 e. The Labute approximate surface area is 550 Å². The number of unbranched alkanes of at least 4 members (excludes halogenated alkanes) is 1. The maximum atomic E-state index is 14.9. The fraction of sp³-hybridized carbons (Fsp3) is 0.652. The number of benzene rings is 2. The zero-order chi connectivity index (χ0) is 68.4. The Morgan fingerprint density at radius 2 is 1.45 bits per heavy atom. The number of likely N-dealkylation sites (tertiary alicyclic amines) is 1. The Kier molecular flexibility index (Phi) is 33.1. The van der Waals surface area contributed by atoms with Gasteiger partial charge < -0.3 is 62.1 Å². The molecule has 23 heteroatoms. The molecular formula is C69H108N10O12S. The number of methoxy groups -OCH3 is 2. The largest absolute Gasteiger partial charge is 0.445 e. The molecule has 0 bridgehead atoms. The molecule has 0 aliphatic carbocycles. The molecule has 7 amide bonds. The second-order valence-electron chi connectivity index (χ2n) is 26.0. The first-order chi connectivity index (χ1) is 43.7. The fourth-order valence-corrected chi connectivity index (χ4v) is 13.4. The predicted molar refractivity (Wildman–Crippen MR) is 358 cm³/mol. The molecule has 0 spiro atoms. The number of ketones is 3. The van der Waals surface area contributed by atoms with Crippen molar-refractivity contribution in [3.63, 3.8) is 0 Å². The van der Waals surface area contributed by atoms with E-state index in [1.165, 1.54) is 23.3 Å². The van der Waals surface area contributed by atoms with Crippen LogP contribution in [0.2, 0.25) is 0 Å². The number of primary amides is 1. The number of aromatic nitrogens is 1. The third-order valence-electron chi connectivity index (χ3n) is 18.2. The van der Waals surface area contributed by atoms with Crippen LogP contribution in [0.3, 0.4) is 0 Å². The van der Waals surface area contributed by atoms with E-state index in [9.17, 15) is 43.2 Å². The van der Waals surface area contributed by atoms with Gasteiger partial charge in [0.05, 0.1) is 53.8 Å². The first-order valence-electron chi connectivity index (χ1n) is 32.9. The average molecular weight is 1300 g/mol. The lowest BCUT2D eigenvalue weighted by atomic mass is 9.83. The summed E-state index contributed by atoms with van der Waals surface area (Å²) in [6.07, 6.45) is 4.66. The van der Waals surface area contributed by atoms with E-state index < -0.39 is 78.1 Å². The first kappa shape index (κ1) is 77.8. The Morgan fingerprint density at radius 3 is 2.02 bits per heavy atom. The molecule has 9 N–H and O–H groups in total. The monoisotopic (exact) mass is 1300 g/mol. The second-order valence-corrected chi connectivity index (χ2v) is 26.9. The van der Waals surface area contributed by atoms with Gasteiger partial charge in [0.25, 0.3) is 0 Å². The minimum Gasteiger partial charge on any atom is -0.445 e. The van der Waals surface area contributed by atoms with Crippen molar-refractivity contribution in [2.75, 3.05) is 53.3 Å². The molecule has 22 nitrogen and oxygen atoms in total. The quantitative estimate of drug-likeness (QED) is 0.0290. The van der Waals surface area contributed by atoms with E-state index in [0.717, 1.165) is 17.0 Å². The number of thiazole rings is 1. The number of carbonyl (C=O) groups excluding carboxylic acids is 9. The maximum absolute atomic E-state index is 14.9. The number of hydrogen-bond acceptors (Lipinski definition) is 16. The molecule has 1 fully saturated rings. The van der Waals surface area contributed by atoms with Crippen molar-refractivity contribution in [3.8, 4) is 0 Å². The second kappa shape index (κ2) is 39.1. The van der Waals surface area contributed by atoms with Crippen LogP contribution >= 0.6 is 11.3 Å². The molecule has 2 heterocycles. The summed E-state index contributed by atoms with van der Waals surface area (Å²) in [7, 11) is 6.34. The number of carbonyl (C=O) groups is 9. The normalized spacial score (nSPS) is 16.9. The van der Waals surface area contributed by atoms with Gasteiger partial charge in [0, 0.05) is 102 Å². The van der Waals surface area contributed by atoms with E-state index in [4.69, 9.17) is 31.4 Å². The van der Waals surface area contributed by atoms with Crippen molar-refractivity contribution in [2.45, 2.75) is 201 Å². The Bertz CT molecular complexity index is 2810. The number of rotatable bonds is 41. The van der Waals surface area contributed by atoms with Crippen molar-refractivity contribution < 1.29 is 57.4 Å². The number of nitrogens with one attached hydrogen (secondary N) is 3. The summed E-state index contributed by atoms with van der Waals surface area (Å²) in [6.45, 7) is 17.9. The van der Waals surface area contributed by atoms with E-state index in [-0.39, 0.29) is 110 Å². The molecule has 2 unspecified atom stereocenters. The molecule has 1 aromatic heterocycles. The highest BCUT2D eigenvalue weighted by molar-refractivity contribution is 7.09. The third kappa shape index (κ3) is 23.4. The Morgan fingerprint density at radius 1 is 0.761 bits per heavy atom. The number of amides is 7. The highest BCUT2D eigenvalue weighted by atomic mass is 32.1. The van der Waals surface area contributed by atoms with E-state index in [1.54, 1.807) is 70.5 Å². The molecule has 3 aromatic rings. The molecule has 4 rings (SSSR count). The number of urea groups is 1. The van der Waals surface area contributed by atoms with Crippen molar-refractivity contribution in [2.24, 2.45) is 58.6 Å². The van der Waals surface area contributed by atoms with Gasteiger partial charge in [0.2, 0.25) is 23.6 Å². The molecule has 12 atom stereocenters. The lowest BCUT2D eigenvalue weighted by Gasteiger charge is -2.41. The van der Waals surface area contributed by atoms with Gasteiger partial charge in [-0.05, 0) is 98.4 Å². The summed E-state index contributed by atoms with van der Waals surface area (Å²) in [5.74, 6) is -5.32. The maximum Gasteiger partial charge on any atom is 0.410 e. The van der Waals surface area contributed by atoms with Crippen LogP contribution in [0.25, 0.3) is 0 Å². The Balaban J connectivity index is 1.41. The van der Waals surface area contributed by atoms with Crippen LogP contribution in [0.5, 0.6) is 0 Å². The lowest BCUT2D eigenvalue weighted by molar-refractivity contribution is -0.149. The van der Waals surface area contributed by atoms with Gasteiger partial charge in [0.15, 0.2) is 11.6 Å². The Hall–Kier alpha value is -6.66. The standard InChI is InChI=1S/C69H108N10O12S/c1-14-45(8)62(58(89-12)40-59(83)79-34-21-26-54(79)63(90-13)46(9)55(80)38-50(66-73-33-35-92-66)36-47-22-16-15-17-23-47)77(10)67(86)52(42(2)3)39-57(82)61(44(6)7)78(11)69(88)91-41-48-27-29-51(30-28-48)75-64(84)49(24-20-32-74-68(72)87)37-56(81)60(43(4)5)76-65(85)53(71)25-18-19-31-70/h15-17,22-23,27-30,33,35,42-46,49-50,52-54,58,60-63H,14,18-21,24-26,31-32,34,36-41,70-71H2,1-13H3,(H,75,84)(H,76,85)(H3,72,74,87)/t45-,46-,49+,50+,52?,53-,54-,58-,60?,61-,62-,63-/m0/s1. The molecule has 1 saturated heterocycles. The first-order valence-corrected chi connectivity index (χ1v) is 33.8. The molecule has 512 valence electrons. The van der Waals surface area contributed by atoms with E-state index in [2.05, 4.69) is 33.1 Å². The molecule has 1 aliphatic heterocycles. The number of hydrogen-bond donors (Lipinski definition) is 6. The summed E-state index contributed by atoms with van der Waals surface area (Å²) in [6, 6.07) is 12.3. The third-order valence-corrected chi connectivity index (χ3v) is 19.1. The zero-order valence-corrected chi connectivity index (χ0v) is 57.7. The van der Waals surface area contributed by atoms with Crippen LogP contribution < -0.4 is 33.2 Å². The fourth-order valence-electron chi connectivity index (χ4n) is 12.7. The SMILES string of the molecule is CC[C@H](C)[C@@H]([C@H](CC(=O)N1CCC[C@H]1[C@@H](OC)[C@@H](C)C(=O)C[C@@H](Cc1ccccc1)c1nccs1)OC)N(C)C(=O)C(CC(=O)[C@H](C(C)C)N(C)C(=O)OCc1ccc(NC(=O)[C@H](CCCNC(N)=O)CC(=O)C(NC(=O)[C@@H](N)CCCCN)C(C)C)cc1)C(C)C. The van der Waals surface area contributed by atoms with Gasteiger partial charge in [-0.25, -0.2) is 14.6 Å². The molecular weight excluding hydrogens is 1190 g/mol. The minimum atomic E-state index is -0.951. The number of Topliss-reactive ketones (excluding diaryl/α,β-unsaturated/α-hetero) is 3. The molecule has 0 saturated carbocycles. The number of nitrogens with two attached hydrogens (primary N) is 3. The van der Waals surface area contributed by atoms with Crippen LogP contribution in [-0.2, 0) is 60.8 Å². The van der Waals surface area contributed by atoms with Crippen LogP contribution in [0.1, 0.15) is 161 Å². The summed E-state index contributed by atoms with van der Waals surface area (Å²) in [5, 5.41) is 11.0. The van der Waals surface area contributed by atoms with E-state index in [1.807, 2.05) is 76.9 Å². The molecule has 92 heavy (non-hydrogen) atoms. The molecule has 0 radical (unpaired) electrons. The van der Waals surface area contributed by atoms with Gasteiger partial charge >= 0.3 is 12.1 Å². The number of likely N-dealkylation sites (N-methyl/N-ethyl adjacent to an activating group) is 2. The van der Waals surface area contributed by atoms with Crippen LogP contribution in [0.4, 0.5) is 15.3 Å². The number of ether oxygens (including phenoxy) is 3. The van der Waals surface area contributed by atoms with Crippen molar-refractivity contribution in [1.82, 2.24) is 30.3 Å². The minimum absolute atomic E-state index is 0.0313. The van der Waals surface area contributed by atoms with Crippen molar-refractivity contribution in [1.29, 1.82) is 0 Å². The van der Waals surface area contributed by atoms with Gasteiger partial charge in [-0.3, -0.25) is 33.6 Å². The molecule has 1 aliphatic rings. The summed E-state index contributed by atoms with van der Waals surface area (Å²) < 4.78 is 18.0. The lowest BCUT2D eigenvalue weighted by Crippen LogP contribution is -2.54. The highest BCUT2D eigenvalue weighted by Crippen LogP contribution is 2.34. The zero-order valence-electron chi connectivity index (χ0n) is 56.9. The van der Waals surface area contributed by atoms with E-state index in [0.29, 0.717) is 69.3 Å². The topological polar surface area (TPSA) is 318 Å². The van der Waals surface area contributed by atoms with Gasteiger partial charge in [-0.1, -0.05) is 118 Å². The van der Waals surface area contributed by atoms with Crippen LogP contribution in [-0.4, -0.2) is 163 Å². The van der Waals surface area contributed by atoms with Gasteiger partial charge in [-0.2, -0.15) is 0 Å². The van der Waals surface area contributed by atoms with Crippen molar-refractivity contribution in [3.05, 3.63) is 82.3 Å². The molecule has 2 aromatic carbocycles. The number of nitrogens with zero attached hydrogens (tertiary/aromatic N) is 4. The highest BCUT2D eigenvalue weighted by Gasteiger charge is 2.44. The summed E-state index contributed by atoms with van der Waals surface area (Å²) in [5.41, 5.74) is 19.1. The summed E-state index contributed by atoms with van der Waals surface area (Å²) >= 11 is 1.54. The van der Waals surface area contributed by atoms with Crippen LogP contribution in [0.15, 0.2) is 66.2 Å². The average Bonchev–Trinajstić information content (AvgIpc) is 1.40. The number of anilines is 1. The summed E-state index contributed by atoms with van der Waals surface area (Å²) in [4.78, 5) is 133. The van der Waals surface area contributed by atoms with Gasteiger partial charge in [0.1, 0.15) is 12.4 Å². The predicted octanol–water partition coefficient (Wildman–Crippen LogP) is 8.43. The van der Waals surface area contributed by atoms with Crippen molar-refractivity contribution >= 4 is 70.1 Å². The van der Waals surface area contributed by atoms with Gasteiger partial charge in [-0.15, -0.1) is 11.3 Å². The van der Waals surface area contributed by atoms with E-state index >= 15 is 0 Å².